The molecule has 0 spiro atoms. The van der Waals surface area contributed by atoms with Crippen molar-refractivity contribution in [1.29, 1.82) is 0 Å². The fourth-order valence-electron chi connectivity index (χ4n) is 3.99. The fraction of sp³-hybridized carbons (Fsp3) is 0.200. The first kappa shape index (κ1) is 13.5. The highest BCUT2D eigenvalue weighted by Gasteiger charge is 2.42. The molecule has 0 amide bonds. The molecule has 118 valence electrons. The summed E-state index contributed by atoms with van der Waals surface area (Å²) in [6.45, 7) is 0. The zero-order valence-corrected chi connectivity index (χ0v) is 12.9. The second-order valence-electron chi connectivity index (χ2n) is 6.60. The number of nitrogens with one attached hydrogen (secondary N) is 2. The number of hydrogen-bond acceptors (Lipinski definition) is 4. The van der Waals surface area contributed by atoms with E-state index in [1.54, 1.807) is 0 Å². The minimum absolute atomic E-state index is 0.0265. The molecule has 2 aliphatic heterocycles. The van der Waals surface area contributed by atoms with Gasteiger partial charge in [0, 0.05) is 22.5 Å². The Bertz CT molecular complexity index is 891. The molecule has 1 fully saturated rings. The molecule has 0 saturated carbocycles. The molecule has 1 saturated heterocycles. The minimum Gasteiger partial charge on any atom is -0.377 e. The van der Waals surface area contributed by atoms with Gasteiger partial charge in [-0.05, 0) is 24.3 Å². The Morgan fingerprint density at radius 2 is 1.62 bits per heavy atom. The standard InChI is InChI=1S/C20H16N2O2/c23-19-11-5-1-3-7-15(11)21-17-10-14-18(9-13(17)19)22-16-8-4-2-6-12(16)20(14)24/h1-11,14-15,18,21-22H. The van der Waals surface area contributed by atoms with Gasteiger partial charge < -0.3 is 10.6 Å². The molecular weight excluding hydrogens is 300 g/mol. The topological polar surface area (TPSA) is 58.2 Å². The van der Waals surface area contributed by atoms with Gasteiger partial charge in [0.2, 0.25) is 0 Å². The van der Waals surface area contributed by atoms with Crippen molar-refractivity contribution < 1.29 is 9.59 Å². The molecule has 0 aromatic heterocycles. The summed E-state index contributed by atoms with van der Waals surface area (Å²) in [5, 5.41) is 6.82. The number of benzene rings is 1. The molecular formula is C20H16N2O2. The largest absolute Gasteiger partial charge is 0.377 e. The van der Waals surface area contributed by atoms with Crippen LogP contribution in [0.3, 0.4) is 0 Å². The van der Waals surface area contributed by atoms with Crippen LogP contribution in [0.15, 0.2) is 72.0 Å². The summed E-state index contributed by atoms with van der Waals surface area (Å²) in [4.78, 5) is 25.7. The second-order valence-corrected chi connectivity index (χ2v) is 6.60. The third-order valence-corrected chi connectivity index (χ3v) is 5.21. The quantitative estimate of drug-likeness (QED) is 0.771. The normalized spacial score (nSPS) is 32.3. The van der Waals surface area contributed by atoms with Crippen LogP contribution < -0.4 is 10.6 Å². The fourth-order valence-corrected chi connectivity index (χ4v) is 3.99. The number of rotatable bonds is 0. The van der Waals surface area contributed by atoms with Crippen LogP contribution in [0.2, 0.25) is 0 Å². The van der Waals surface area contributed by atoms with Gasteiger partial charge in [0.1, 0.15) is 0 Å². The van der Waals surface area contributed by atoms with E-state index < -0.39 is 0 Å². The zero-order valence-electron chi connectivity index (χ0n) is 12.9. The molecule has 2 aliphatic carbocycles. The number of ketones is 2. The van der Waals surface area contributed by atoms with Gasteiger partial charge in [-0.2, -0.15) is 0 Å². The van der Waals surface area contributed by atoms with Gasteiger partial charge in [-0.25, -0.2) is 0 Å². The summed E-state index contributed by atoms with van der Waals surface area (Å²) in [7, 11) is 0. The number of para-hydroxylation sites is 1. The van der Waals surface area contributed by atoms with Gasteiger partial charge in [0.05, 0.1) is 23.9 Å². The average molecular weight is 316 g/mol. The van der Waals surface area contributed by atoms with Gasteiger partial charge in [0.15, 0.2) is 11.6 Å². The van der Waals surface area contributed by atoms with Crippen LogP contribution in [0.25, 0.3) is 0 Å². The van der Waals surface area contributed by atoms with E-state index >= 15 is 0 Å². The van der Waals surface area contributed by atoms with Crippen LogP contribution in [0.4, 0.5) is 5.69 Å². The van der Waals surface area contributed by atoms with Crippen LogP contribution in [0, 0.1) is 11.8 Å². The van der Waals surface area contributed by atoms with Crippen molar-refractivity contribution in [3.63, 3.8) is 0 Å². The summed E-state index contributed by atoms with van der Waals surface area (Å²) in [5.41, 5.74) is 3.04. The summed E-state index contributed by atoms with van der Waals surface area (Å²) in [5.74, 6) is -0.218. The van der Waals surface area contributed by atoms with E-state index in [1.807, 2.05) is 60.7 Å². The smallest absolute Gasteiger partial charge is 0.174 e. The number of piperidine rings is 1. The van der Waals surface area contributed by atoms with Gasteiger partial charge >= 0.3 is 0 Å². The monoisotopic (exact) mass is 316 g/mol. The molecule has 0 radical (unpaired) electrons. The summed E-state index contributed by atoms with van der Waals surface area (Å²) in [6, 6.07) is 7.35. The maximum Gasteiger partial charge on any atom is 0.174 e. The van der Waals surface area contributed by atoms with Crippen molar-refractivity contribution in [2.24, 2.45) is 11.8 Å². The summed E-state index contributed by atoms with van der Waals surface area (Å²) in [6.07, 6.45) is 11.7. The first-order chi connectivity index (χ1) is 11.7. The minimum atomic E-state index is -0.279. The molecule has 0 bridgehead atoms. The number of fused-ring (bicyclic) bond motifs is 4. The molecule has 2 heterocycles. The molecule has 4 nitrogen and oxygen atoms in total. The van der Waals surface area contributed by atoms with E-state index in [1.165, 1.54) is 0 Å². The third-order valence-electron chi connectivity index (χ3n) is 5.21. The lowest BCUT2D eigenvalue weighted by atomic mass is 9.75. The molecule has 1 aromatic rings. The lowest BCUT2D eigenvalue weighted by Gasteiger charge is -2.39. The van der Waals surface area contributed by atoms with Crippen LogP contribution in [-0.4, -0.2) is 23.7 Å². The highest BCUT2D eigenvalue weighted by Crippen LogP contribution is 2.37. The Labute approximate surface area is 139 Å². The van der Waals surface area contributed by atoms with Crippen molar-refractivity contribution in [1.82, 2.24) is 5.32 Å². The van der Waals surface area contributed by atoms with Crippen molar-refractivity contribution in [2.45, 2.75) is 12.1 Å². The first-order valence-electron chi connectivity index (χ1n) is 8.22. The zero-order chi connectivity index (χ0) is 16.3. The van der Waals surface area contributed by atoms with Crippen molar-refractivity contribution in [2.75, 3.05) is 5.32 Å². The Morgan fingerprint density at radius 3 is 2.54 bits per heavy atom. The van der Waals surface area contributed by atoms with Crippen molar-refractivity contribution in [3.05, 3.63) is 77.6 Å². The molecule has 2 N–H and O–H groups in total. The number of carbonyl (C=O) groups excluding carboxylic acids is 2. The molecule has 4 heteroatoms. The SMILES string of the molecule is O=C1C2=CC3Nc4ccccc4C(=O)C3C=C2NC2C=CC=CC12. The number of Topliss-reactive ketones (excluding diaryl/α,β-unsaturated/α-hetero) is 2. The van der Waals surface area contributed by atoms with Crippen LogP contribution >= 0.6 is 0 Å². The first-order valence-corrected chi connectivity index (χ1v) is 8.22. The molecule has 4 atom stereocenters. The Hall–Kier alpha value is -2.88. The van der Waals surface area contributed by atoms with E-state index in [0.29, 0.717) is 11.1 Å². The second kappa shape index (κ2) is 4.81. The van der Waals surface area contributed by atoms with E-state index in [-0.39, 0.29) is 35.5 Å². The van der Waals surface area contributed by atoms with Gasteiger partial charge in [-0.15, -0.1) is 0 Å². The Morgan fingerprint density at radius 1 is 0.792 bits per heavy atom. The van der Waals surface area contributed by atoms with Crippen LogP contribution in [0.1, 0.15) is 10.4 Å². The van der Waals surface area contributed by atoms with Gasteiger partial charge in [-0.1, -0.05) is 36.4 Å². The number of carbonyl (C=O) groups is 2. The highest BCUT2D eigenvalue weighted by atomic mass is 16.1. The third kappa shape index (κ3) is 1.80. The Kier molecular flexibility index (Phi) is 2.71. The molecule has 5 rings (SSSR count). The van der Waals surface area contributed by atoms with E-state index in [2.05, 4.69) is 10.6 Å². The summed E-state index contributed by atoms with van der Waals surface area (Å²) < 4.78 is 0. The predicted molar refractivity (Wildman–Crippen MR) is 91.5 cm³/mol. The number of allylic oxidation sites excluding steroid dienone is 3. The molecule has 1 aromatic carbocycles. The maximum atomic E-state index is 12.8. The Balaban J connectivity index is 1.58. The van der Waals surface area contributed by atoms with Gasteiger partial charge in [0.25, 0.3) is 0 Å². The highest BCUT2D eigenvalue weighted by molar-refractivity contribution is 6.09. The number of hydrogen-bond donors (Lipinski definition) is 2. The maximum absolute atomic E-state index is 12.8. The van der Waals surface area contributed by atoms with Crippen molar-refractivity contribution in [3.8, 4) is 0 Å². The van der Waals surface area contributed by atoms with E-state index in [9.17, 15) is 9.59 Å². The molecule has 4 unspecified atom stereocenters. The molecule has 4 aliphatic rings. The number of anilines is 1. The van der Waals surface area contributed by atoms with Gasteiger partial charge in [-0.3, -0.25) is 9.59 Å². The van der Waals surface area contributed by atoms with Crippen molar-refractivity contribution >= 4 is 17.3 Å². The predicted octanol–water partition coefficient (Wildman–Crippen LogP) is 2.39. The summed E-state index contributed by atoms with van der Waals surface area (Å²) >= 11 is 0. The molecule has 24 heavy (non-hydrogen) atoms. The lowest BCUT2D eigenvalue weighted by Crippen LogP contribution is -2.49. The van der Waals surface area contributed by atoms with Crippen LogP contribution in [-0.2, 0) is 4.79 Å². The van der Waals surface area contributed by atoms with E-state index in [4.69, 9.17) is 0 Å². The average Bonchev–Trinajstić information content (AvgIpc) is 2.62. The van der Waals surface area contributed by atoms with Crippen LogP contribution in [0.5, 0.6) is 0 Å². The lowest BCUT2D eigenvalue weighted by molar-refractivity contribution is -0.118. The van der Waals surface area contributed by atoms with E-state index in [0.717, 1.165) is 11.4 Å².